The number of hydrogen-bond donors (Lipinski definition) is 1. The van der Waals surface area contributed by atoms with Crippen LogP contribution in [-0.4, -0.2) is 51.6 Å². The second-order valence-electron chi connectivity index (χ2n) is 9.01. The Kier molecular flexibility index (Phi) is 5.97. The monoisotopic (exact) mass is 537 g/mol. The lowest BCUT2D eigenvalue weighted by atomic mass is 10.0. The maximum atomic E-state index is 13.8. The van der Waals surface area contributed by atoms with E-state index >= 15 is 0 Å². The minimum absolute atomic E-state index is 0.0989. The van der Waals surface area contributed by atoms with Crippen LogP contribution < -0.4 is 5.01 Å². The van der Waals surface area contributed by atoms with Crippen LogP contribution in [0.2, 0.25) is 0 Å². The summed E-state index contributed by atoms with van der Waals surface area (Å²) in [6.07, 6.45) is -4.10. The lowest BCUT2D eigenvalue weighted by molar-refractivity contribution is -0.114. The minimum atomic E-state index is -4.99. The molecule has 0 saturated heterocycles. The predicted octanol–water partition coefficient (Wildman–Crippen LogP) is 5.00. The Labute approximate surface area is 218 Å². The second kappa shape index (κ2) is 9.08. The lowest BCUT2D eigenvalue weighted by Crippen LogP contribution is -2.35. The van der Waals surface area contributed by atoms with E-state index in [1.807, 2.05) is 0 Å². The van der Waals surface area contributed by atoms with Crippen molar-refractivity contribution in [2.45, 2.75) is 26.1 Å². The Balaban J connectivity index is 1.49. The zero-order chi connectivity index (χ0) is 28.2. The molecule has 0 aliphatic carbocycles. The van der Waals surface area contributed by atoms with Crippen LogP contribution in [0, 0.1) is 0 Å². The fourth-order valence-electron chi connectivity index (χ4n) is 4.31. The van der Waals surface area contributed by atoms with Crippen molar-refractivity contribution in [1.82, 2.24) is 4.90 Å². The molecular formula is C27H18F3N3O6. The van der Waals surface area contributed by atoms with Crippen LogP contribution in [-0.2, 0) is 4.79 Å². The van der Waals surface area contributed by atoms with Gasteiger partial charge in [0.15, 0.2) is 5.71 Å². The fourth-order valence-corrected chi connectivity index (χ4v) is 4.31. The van der Waals surface area contributed by atoms with Crippen LogP contribution in [0.15, 0.2) is 69.7 Å². The number of rotatable bonds is 5. The summed E-state index contributed by atoms with van der Waals surface area (Å²) in [6, 6.07) is 11.7. The summed E-state index contributed by atoms with van der Waals surface area (Å²) in [4.78, 5) is 50.6. The maximum absolute atomic E-state index is 13.8. The Hall–Kier alpha value is -5.00. The molecule has 12 heteroatoms. The van der Waals surface area contributed by atoms with Crippen molar-refractivity contribution in [3.63, 3.8) is 0 Å². The number of carbonyl (C=O) groups excluding carboxylic acids is 3. The third-order valence-electron chi connectivity index (χ3n) is 6.12. The number of hydrazone groups is 1. The van der Waals surface area contributed by atoms with Crippen molar-refractivity contribution < 1.29 is 41.9 Å². The Bertz CT molecular complexity index is 1630. The summed E-state index contributed by atoms with van der Waals surface area (Å²) in [6.45, 7) is 3.42. The van der Waals surface area contributed by atoms with Gasteiger partial charge in [-0.2, -0.15) is 23.3 Å². The molecule has 3 heterocycles. The summed E-state index contributed by atoms with van der Waals surface area (Å²) in [5.41, 5.74) is -1.84. The van der Waals surface area contributed by atoms with E-state index in [4.69, 9.17) is 4.42 Å². The third kappa shape index (κ3) is 4.39. The summed E-state index contributed by atoms with van der Waals surface area (Å²) in [7, 11) is 0. The summed E-state index contributed by atoms with van der Waals surface area (Å²) >= 11 is 0. The van der Waals surface area contributed by atoms with E-state index in [0.717, 1.165) is 17.0 Å². The first-order valence-electron chi connectivity index (χ1n) is 11.5. The van der Waals surface area contributed by atoms with Gasteiger partial charge in [-0.15, -0.1) is 0 Å². The Morgan fingerprint density at radius 1 is 0.974 bits per heavy atom. The zero-order valence-corrected chi connectivity index (χ0v) is 20.3. The lowest BCUT2D eigenvalue weighted by Gasteiger charge is -2.17. The largest absolute Gasteiger partial charge is 0.478 e. The highest BCUT2D eigenvalue weighted by Gasteiger charge is 2.47. The molecule has 2 aromatic carbocycles. The molecular weight excluding hydrogens is 519 g/mol. The molecule has 0 unspecified atom stereocenters. The van der Waals surface area contributed by atoms with E-state index in [2.05, 4.69) is 5.10 Å². The average molecular weight is 537 g/mol. The number of furan rings is 1. The van der Waals surface area contributed by atoms with Crippen molar-refractivity contribution in [2.24, 2.45) is 5.10 Å². The van der Waals surface area contributed by atoms with Crippen LogP contribution in [0.4, 0.5) is 18.9 Å². The van der Waals surface area contributed by atoms with Gasteiger partial charge in [-0.3, -0.25) is 19.3 Å². The van der Waals surface area contributed by atoms with E-state index in [9.17, 15) is 37.5 Å². The first-order valence-corrected chi connectivity index (χ1v) is 11.5. The van der Waals surface area contributed by atoms with Crippen molar-refractivity contribution in [3.8, 4) is 11.3 Å². The normalized spacial score (nSPS) is 16.5. The van der Waals surface area contributed by atoms with Gasteiger partial charge in [0, 0.05) is 11.6 Å². The van der Waals surface area contributed by atoms with Gasteiger partial charge in [-0.05, 0) is 62.4 Å². The van der Waals surface area contributed by atoms with Gasteiger partial charge in [-0.25, -0.2) is 4.79 Å². The number of nitrogens with zero attached hydrogens (tertiary/aromatic N) is 3. The van der Waals surface area contributed by atoms with Gasteiger partial charge in [0.1, 0.15) is 11.5 Å². The van der Waals surface area contributed by atoms with Crippen molar-refractivity contribution >= 4 is 41.2 Å². The SMILES string of the molecule is CC(C)N1C(=O)c2ccc(-c3ccc(/C=C4/C(=O)N(c5cccc(C(=O)O)c5)N=C4C(F)(F)F)o3)cc2C1=O. The fraction of sp³-hybridized carbons (Fsp3) is 0.148. The molecule has 0 radical (unpaired) electrons. The van der Waals surface area contributed by atoms with E-state index < -0.39 is 41.2 Å². The van der Waals surface area contributed by atoms with E-state index in [1.165, 1.54) is 42.5 Å². The van der Waals surface area contributed by atoms with Gasteiger partial charge in [0.25, 0.3) is 17.7 Å². The number of amides is 3. The summed E-state index contributed by atoms with van der Waals surface area (Å²) in [5.74, 6) is -3.24. The molecule has 1 aromatic heterocycles. The van der Waals surface area contributed by atoms with Gasteiger partial charge in [-0.1, -0.05) is 12.1 Å². The Morgan fingerprint density at radius 2 is 1.69 bits per heavy atom. The molecule has 3 aromatic rings. The third-order valence-corrected chi connectivity index (χ3v) is 6.12. The van der Waals surface area contributed by atoms with Gasteiger partial charge >= 0.3 is 12.1 Å². The number of carboxylic acids is 1. The van der Waals surface area contributed by atoms with Crippen molar-refractivity contribution in [1.29, 1.82) is 0 Å². The van der Waals surface area contributed by atoms with Crippen LogP contribution in [0.1, 0.15) is 50.7 Å². The molecule has 1 N–H and O–H groups in total. The molecule has 2 aliphatic rings. The van der Waals surface area contributed by atoms with Gasteiger partial charge in [0.05, 0.1) is 28.0 Å². The molecule has 5 rings (SSSR count). The zero-order valence-electron chi connectivity index (χ0n) is 20.3. The number of aromatic carboxylic acids is 1. The van der Waals surface area contributed by atoms with Gasteiger partial charge in [0.2, 0.25) is 0 Å². The molecule has 2 aliphatic heterocycles. The summed E-state index contributed by atoms with van der Waals surface area (Å²) in [5, 5.41) is 13.1. The molecule has 0 atom stereocenters. The number of fused-ring (bicyclic) bond motifs is 1. The molecule has 3 amide bonds. The first kappa shape index (κ1) is 25.6. The molecule has 0 fully saturated rings. The predicted molar refractivity (Wildman–Crippen MR) is 132 cm³/mol. The van der Waals surface area contributed by atoms with E-state index in [0.29, 0.717) is 10.6 Å². The van der Waals surface area contributed by atoms with Crippen LogP contribution in [0.3, 0.4) is 0 Å². The van der Waals surface area contributed by atoms with E-state index in [-0.39, 0.29) is 39.9 Å². The standard InChI is InChI=1S/C27H18F3N3O6/c1-13(2)32-23(34)18-8-6-14(11-19(18)24(32)35)21-9-7-17(39-21)12-20-22(27(28,29)30)31-33(25(20)36)16-5-3-4-15(10-16)26(37)38/h3-13H,1-2H3,(H,37,38)/b20-12+. The highest BCUT2D eigenvalue weighted by atomic mass is 19.4. The number of carboxylic acid groups (broad SMARTS) is 1. The molecule has 0 spiro atoms. The molecule has 39 heavy (non-hydrogen) atoms. The topological polar surface area (TPSA) is 120 Å². The second-order valence-corrected chi connectivity index (χ2v) is 9.01. The number of halogens is 3. The smallest absolute Gasteiger partial charge is 0.435 e. The summed E-state index contributed by atoms with van der Waals surface area (Å²) < 4.78 is 47.1. The maximum Gasteiger partial charge on any atom is 0.435 e. The quantitative estimate of drug-likeness (QED) is 0.361. The highest BCUT2D eigenvalue weighted by molar-refractivity contribution is 6.34. The number of anilines is 1. The molecule has 0 saturated carbocycles. The Morgan fingerprint density at radius 3 is 2.36 bits per heavy atom. The number of alkyl halides is 3. The number of imide groups is 1. The average Bonchev–Trinajstić information content (AvgIpc) is 3.54. The highest BCUT2D eigenvalue weighted by Crippen LogP contribution is 2.35. The molecule has 198 valence electrons. The number of carbonyl (C=O) groups is 4. The van der Waals surface area contributed by atoms with Gasteiger partial charge < -0.3 is 9.52 Å². The van der Waals surface area contributed by atoms with Crippen LogP contribution >= 0.6 is 0 Å². The van der Waals surface area contributed by atoms with Crippen LogP contribution in [0.5, 0.6) is 0 Å². The van der Waals surface area contributed by atoms with Crippen LogP contribution in [0.25, 0.3) is 17.4 Å². The molecule has 0 bridgehead atoms. The van der Waals surface area contributed by atoms with E-state index in [1.54, 1.807) is 19.9 Å². The van der Waals surface area contributed by atoms with Crippen molar-refractivity contribution in [3.05, 3.63) is 82.6 Å². The number of benzene rings is 2. The molecule has 9 nitrogen and oxygen atoms in total. The number of hydrogen-bond acceptors (Lipinski definition) is 6. The van der Waals surface area contributed by atoms with Crippen molar-refractivity contribution in [2.75, 3.05) is 5.01 Å². The first-order chi connectivity index (χ1) is 18.4. The minimum Gasteiger partial charge on any atom is -0.478 e.